The Morgan fingerprint density at radius 1 is 1.18 bits per heavy atom. The first-order valence-electron chi connectivity index (χ1n) is 7.11. The number of amides is 2. The number of rotatable bonds is 6. The first-order valence-corrected chi connectivity index (χ1v) is 7.49. The lowest BCUT2D eigenvalue weighted by molar-refractivity contribution is -0.122. The van der Waals surface area contributed by atoms with Gasteiger partial charge < -0.3 is 15.4 Å². The molecule has 5 nitrogen and oxygen atoms in total. The molecule has 6 heteroatoms. The zero-order chi connectivity index (χ0) is 16.8. The van der Waals surface area contributed by atoms with E-state index in [-0.39, 0.29) is 17.2 Å². The normalized spacial score (nSPS) is 11.0. The summed E-state index contributed by atoms with van der Waals surface area (Å²) in [6, 6.07) is 4.85. The van der Waals surface area contributed by atoms with Gasteiger partial charge in [0.1, 0.15) is 5.75 Å². The molecule has 2 N–H and O–H groups in total. The van der Waals surface area contributed by atoms with Gasteiger partial charge in [0.25, 0.3) is 5.91 Å². The fraction of sp³-hybridized carbons (Fsp3) is 0.500. The van der Waals surface area contributed by atoms with Crippen molar-refractivity contribution in [1.29, 1.82) is 0 Å². The minimum Gasteiger partial charge on any atom is -0.496 e. The van der Waals surface area contributed by atoms with E-state index >= 15 is 0 Å². The van der Waals surface area contributed by atoms with Crippen molar-refractivity contribution in [3.05, 3.63) is 28.8 Å². The van der Waals surface area contributed by atoms with Gasteiger partial charge in [-0.2, -0.15) is 0 Å². The van der Waals surface area contributed by atoms with Crippen LogP contribution in [0.1, 0.15) is 37.6 Å². The number of hydrogen-bond donors (Lipinski definition) is 2. The maximum absolute atomic E-state index is 12.1. The van der Waals surface area contributed by atoms with Crippen LogP contribution in [-0.4, -0.2) is 32.0 Å². The summed E-state index contributed by atoms with van der Waals surface area (Å²) in [5.74, 6) is 0.144. The Bertz CT molecular complexity index is 539. The lowest BCUT2D eigenvalue weighted by Gasteiger charge is -2.17. The van der Waals surface area contributed by atoms with Crippen LogP contribution in [-0.2, 0) is 4.79 Å². The molecule has 1 aromatic carbocycles. The summed E-state index contributed by atoms with van der Waals surface area (Å²) in [4.78, 5) is 23.7. The van der Waals surface area contributed by atoms with Crippen LogP contribution in [0.25, 0.3) is 0 Å². The van der Waals surface area contributed by atoms with Gasteiger partial charge in [-0.3, -0.25) is 9.59 Å². The average molecular weight is 327 g/mol. The van der Waals surface area contributed by atoms with Crippen LogP contribution >= 0.6 is 11.6 Å². The van der Waals surface area contributed by atoms with Gasteiger partial charge in [-0.05, 0) is 23.6 Å². The Balaban J connectivity index is 2.44. The first-order chi connectivity index (χ1) is 10.2. The molecule has 0 saturated carbocycles. The van der Waals surface area contributed by atoms with Crippen LogP contribution in [0, 0.1) is 5.41 Å². The highest BCUT2D eigenvalue weighted by Gasteiger charge is 2.16. The summed E-state index contributed by atoms with van der Waals surface area (Å²) in [5, 5.41) is 5.96. The van der Waals surface area contributed by atoms with Crippen LogP contribution in [0.2, 0.25) is 5.02 Å². The number of hydrogen-bond acceptors (Lipinski definition) is 3. The van der Waals surface area contributed by atoms with Gasteiger partial charge in [-0.15, -0.1) is 0 Å². The van der Waals surface area contributed by atoms with Gasteiger partial charge in [0, 0.05) is 24.5 Å². The van der Waals surface area contributed by atoms with Gasteiger partial charge >= 0.3 is 0 Å². The van der Waals surface area contributed by atoms with Crippen molar-refractivity contribution in [3.8, 4) is 5.75 Å². The maximum Gasteiger partial charge on any atom is 0.255 e. The van der Waals surface area contributed by atoms with E-state index in [0.29, 0.717) is 35.8 Å². The predicted molar refractivity (Wildman–Crippen MR) is 87.4 cm³/mol. The maximum atomic E-state index is 12.1. The summed E-state index contributed by atoms with van der Waals surface area (Å²) in [6.07, 6.45) is 0.447. The Morgan fingerprint density at radius 2 is 1.82 bits per heavy atom. The zero-order valence-corrected chi connectivity index (χ0v) is 14.2. The highest BCUT2D eigenvalue weighted by atomic mass is 35.5. The number of ether oxygens (including phenoxy) is 1. The molecule has 0 bridgehead atoms. The molecule has 1 aromatic rings. The molecule has 0 atom stereocenters. The quantitative estimate of drug-likeness (QED) is 0.790. The molecule has 0 aliphatic heterocycles. The highest BCUT2D eigenvalue weighted by Crippen LogP contribution is 2.22. The number of nitrogens with one attached hydrogen (secondary N) is 2. The number of halogens is 1. The summed E-state index contributed by atoms with van der Waals surface area (Å²) in [5.41, 5.74) is 0.317. The SMILES string of the molecule is COc1ccc(Cl)cc1C(=O)NCCNC(=O)CC(C)(C)C. The van der Waals surface area contributed by atoms with Crippen molar-refractivity contribution in [2.24, 2.45) is 5.41 Å². The standard InChI is InChI=1S/C16H23ClN2O3/c1-16(2,3)10-14(20)18-7-8-19-15(21)12-9-11(17)5-6-13(12)22-4/h5-6,9H,7-8,10H2,1-4H3,(H,18,20)(H,19,21). The van der Waals surface area contributed by atoms with Crippen LogP contribution in [0.4, 0.5) is 0 Å². The third-order valence-corrected chi connectivity index (χ3v) is 3.06. The molecule has 22 heavy (non-hydrogen) atoms. The number of benzene rings is 1. The first kappa shape index (κ1) is 18.3. The molecule has 0 aromatic heterocycles. The summed E-state index contributed by atoms with van der Waals surface area (Å²) < 4.78 is 5.13. The van der Waals surface area contributed by atoms with Crippen molar-refractivity contribution in [2.75, 3.05) is 20.2 Å². The molecule has 0 heterocycles. The molecule has 2 amide bonds. The summed E-state index contributed by atoms with van der Waals surface area (Å²) >= 11 is 5.89. The van der Waals surface area contributed by atoms with Gasteiger partial charge in [0.05, 0.1) is 12.7 Å². The predicted octanol–water partition coefficient (Wildman–Crippen LogP) is 2.63. The lowest BCUT2D eigenvalue weighted by Crippen LogP contribution is -2.36. The zero-order valence-electron chi connectivity index (χ0n) is 13.5. The fourth-order valence-electron chi connectivity index (χ4n) is 1.87. The van der Waals surface area contributed by atoms with Crippen molar-refractivity contribution < 1.29 is 14.3 Å². The average Bonchev–Trinajstić information content (AvgIpc) is 2.41. The second-order valence-electron chi connectivity index (χ2n) is 6.19. The molecule has 0 aliphatic rings. The number of carbonyl (C=O) groups excluding carboxylic acids is 2. The van der Waals surface area contributed by atoms with E-state index in [1.165, 1.54) is 7.11 Å². The van der Waals surface area contributed by atoms with Crippen molar-refractivity contribution in [3.63, 3.8) is 0 Å². The van der Waals surface area contributed by atoms with Gasteiger partial charge in [0.2, 0.25) is 5.91 Å². The van der Waals surface area contributed by atoms with Crippen molar-refractivity contribution >= 4 is 23.4 Å². The minimum absolute atomic E-state index is 0.0258. The topological polar surface area (TPSA) is 67.4 Å². The van der Waals surface area contributed by atoms with Crippen LogP contribution in [0.5, 0.6) is 5.75 Å². The van der Waals surface area contributed by atoms with E-state index in [2.05, 4.69) is 10.6 Å². The van der Waals surface area contributed by atoms with E-state index in [9.17, 15) is 9.59 Å². The fourth-order valence-corrected chi connectivity index (χ4v) is 2.05. The lowest BCUT2D eigenvalue weighted by atomic mass is 9.92. The monoisotopic (exact) mass is 326 g/mol. The molecular formula is C16H23ClN2O3. The summed E-state index contributed by atoms with van der Waals surface area (Å²) in [7, 11) is 1.49. The van der Waals surface area contributed by atoms with E-state index in [1.807, 2.05) is 20.8 Å². The Kier molecular flexibility index (Phi) is 6.68. The largest absolute Gasteiger partial charge is 0.496 e. The molecule has 0 unspecified atom stereocenters. The third kappa shape index (κ3) is 6.35. The van der Waals surface area contributed by atoms with Gasteiger partial charge in [-0.25, -0.2) is 0 Å². The number of carbonyl (C=O) groups is 2. The second-order valence-corrected chi connectivity index (χ2v) is 6.62. The van der Waals surface area contributed by atoms with Gasteiger partial charge in [0.15, 0.2) is 0 Å². The van der Waals surface area contributed by atoms with Crippen molar-refractivity contribution in [2.45, 2.75) is 27.2 Å². The van der Waals surface area contributed by atoms with E-state index in [0.717, 1.165) is 0 Å². The Labute approximate surface area is 136 Å². The minimum atomic E-state index is -0.288. The molecule has 1 rings (SSSR count). The third-order valence-electron chi connectivity index (χ3n) is 2.83. The summed E-state index contributed by atoms with van der Waals surface area (Å²) in [6.45, 7) is 6.72. The van der Waals surface area contributed by atoms with Crippen LogP contribution in [0.15, 0.2) is 18.2 Å². The molecule has 0 spiro atoms. The molecule has 122 valence electrons. The second kappa shape index (κ2) is 8.03. The Hall–Kier alpha value is -1.75. The Morgan fingerprint density at radius 3 is 2.41 bits per heavy atom. The molecule has 0 aliphatic carbocycles. The van der Waals surface area contributed by atoms with E-state index < -0.39 is 0 Å². The molecule has 0 radical (unpaired) electrons. The van der Waals surface area contributed by atoms with Crippen LogP contribution in [0.3, 0.4) is 0 Å². The van der Waals surface area contributed by atoms with E-state index in [4.69, 9.17) is 16.3 Å². The number of methoxy groups -OCH3 is 1. The van der Waals surface area contributed by atoms with Crippen LogP contribution < -0.4 is 15.4 Å². The van der Waals surface area contributed by atoms with Crippen molar-refractivity contribution in [1.82, 2.24) is 10.6 Å². The molecule has 0 fully saturated rings. The van der Waals surface area contributed by atoms with Gasteiger partial charge in [-0.1, -0.05) is 32.4 Å². The highest BCUT2D eigenvalue weighted by molar-refractivity contribution is 6.31. The van der Waals surface area contributed by atoms with E-state index in [1.54, 1.807) is 18.2 Å². The molecule has 0 saturated heterocycles. The molecular weight excluding hydrogens is 304 g/mol. The smallest absolute Gasteiger partial charge is 0.255 e.